The van der Waals surface area contributed by atoms with Crippen LogP contribution in [0.4, 0.5) is 5.69 Å². The maximum Gasteiger partial charge on any atom is 0.311 e. The summed E-state index contributed by atoms with van der Waals surface area (Å²) in [7, 11) is 0. The molecule has 1 spiro atoms. The number of carbonyl (C=O) groups excluding carboxylic acids is 3. The predicted molar refractivity (Wildman–Crippen MR) is 154 cm³/mol. The molecule has 0 aliphatic carbocycles. The quantitative estimate of drug-likeness (QED) is 0.255. The number of nitrogens with zero attached hydrogens (tertiary/aromatic N) is 2. The fourth-order valence-electron chi connectivity index (χ4n) is 6.82. The van der Waals surface area contributed by atoms with Crippen LogP contribution < -0.4 is 4.90 Å². The molecule has 2 aromatic rings. The van der Waals surface area contributed by atoms with E-state index in [0.29, 0.717) is 19.3 Å². The molecule has 3 saturated heterocycles. The highest BCUT2D eigenvalue weighted by molar-refractivity contribution is 8.02. The molecule has 0 radical (unpaired) electrons. The zero-order valence-electron chi connectivity index (χ0n) is 22.4. The second-order valence-electron chi connectivity index (χ2n) is 10.9. The monoisotopic (exact) mass is 548 g/mol. The Labute approximate surface area is 233 Å². The van der Waals surface area contributed by atoms with E-state index in [0.717, 1.165) is 22.9 Å². The Balaban J connectivity index is 1.55. The summed E-state index contributed by atoms with van der Waals surface area (Å²) in [5.74, 6) is -2.03. The van der Waals surface area contributed by atoms with Gasteiger partial charge >= 0.3 is 5.97 Å². The Bertz CT molecular complexity index is 1310. The molecule has 3 aliphatic heterocycles. The van der Waals surface area contributed by atoms with E-state index in [2.05, 4.69) is 13.2 Å². The summed E-state index contributed by atoms with van der Waals surface area (Å²) in [5.41, 5.74) is 0.733. The van der Waals surface area contributed by atoms with Gasteiger partial charge in [-0.3, -0.25) is 14.4 Å². The number of hydrogen-bond donors (Lipinski definition) is 1. The van der Waals surface area contributed by atoms with Gasteiger partial charge in [-0.25, -0.2) is 0 Å². The van der Waals surface area contributed by atoms with Crippen LogP contribution in [0.15, 0.2) is 67.8 Å². The number of amides is 2. The van der Waals surface area contributed by atoms with E-state index in [4.69, 9.17) is 4.74 Å². The van der Waals surface area contributed by atoms with Crippen molar-refractivity contribution in [1.82, 2.24) is 4.90 Å². The van der Waals surface area contributed by atoms with E-state index in [1.165, 1.54) is 0 Å². The van der Waals surface area contributed by atoms with Gasteiger partial charge in [-0.15, -0.1) is 24.9 Å². The van der Waals surface area contributed by atoms with Gasteiger partial charge in [0.2, 0.25) is 5.91 Å². The van der Waals surface area contributed by atoms with Gasteiger partial charge in [0.15, 0.2) is 0 Å². The summed E-state index contributed by atoms with van der Waals surface area (Å²) in [6, 6.07) is 13.1. The highest BCUT2D eigenvalue weighted by atomic mass is 32.2. The molecular formula is C31H36N2O5S. The van der Waals surface area contributed by atoms with Crippen molar-refractivity contribution in [3.63, 3.8) is 0 Å². The van der Waals surface area contributed by atoms with Crippen LogP contribution in [0.1, 0.15) is 32.6 Å². The molecule has 1 N–H and O–H groups in total. The van der Waals surface area contributed by atoms with E-state index in [1.54, 1.807) is 33.7 Å². The molecule has 3 aliphatic rings. The number of likely N-dealkylation sites (tertiary alicyclic amines) is 1. The van der Waals surface area contributed by atoms with Crippen molar-refractivity contribution in [3.8, 4) is 0 Å². The minimum atomic E-state index is -0.759. The van der Waals surface area contributed by atoms with Gasteiger partial charge < -0.3 is 19.6 Å². The molecule has 39 heavy (non-hydrogen) atoms. The third-order valence-corrected chi connectivity index (χ3v) is 10.5. The van der Waals surface area contributed by atoms with Crippen molar-refractivity contribution in [1.29, 1.82) is 0 Å². The van der Waals surface area contributed by atoms with Crippen LogP contribution in [0.2, 0.25) is 0 Å². The molecule has 5 atom stereocenters. The Kier molecular flexibility index (Phi) is 7.62. The number of thioether (sulfide) groups is 1. The first-order chi connectivity index (χ1) is 18.8. The Hall–Kier alpha value is -3.10. The first kappa shape index (κ1) is 27.5. The van der Waals surface area contributed by atoms with Gasteiger partial charge in [-0.2, -0.15) is 0 Å². The number of carbonyl (C=O) groups is 3. The lowest BCUT2D eigenvalue weighted by Crippen LogP contribution is -2.55. The van der Waals surface area contributed by atoms with Gasteiger partial charge in [0, 0.05) is 30.1 Å². The summed E-state index contributed by atoms with van der Waals surface area (Å²) in [4.78, 5) is 45.4. The Morgan fingerprint density at radius 3 is 2.67 bits per heavy atom. The smallest absolute Gasteiger partial charge is 0.311 e. The van der Waals surface area contributed by atoms with E-state index in [9.17, 15) is 19.5 Å². The minimum Gasteiger partial charge on any atom is -0.465 e. The SMILES string of the molecule is C=CCCOC(=O)[C@H]1[C@H]2C(=O)N(CCCO)C(C(=O)N(CC=C)c3ccc4ccccc4c3)C23CC[C@]1(C)S3. The van der Waals surface area contributed by atoms with Crippen molar-refractivity contribution in [3.05, 3.63) is 67.8 Å². The molecule has 2 amide bonds. The number of anilines is 1. The molecule has 2 aromatic carbocycles. The molecule has 2 bridgehead atoms. The van der Waals surface area contributed by atoms with Crippen molar-refractivity contribution < 1.29 is 24.2 Å². The number of fused-ring (bicyclic) bond motifs is 2. The third-order valence-electron chi connectivity index (χ3n) is 8.51. The lowest BCUT2D eigenvalue weighted by atomic mass is 9.66. The van der Waals surface area contributed by atoms with Crippen LogP contribution in [-0.4, -0.2) is 69.6 Å². The van der Waals surface area contributed by atoms with Crippen molar-refractivity contribution in [2.75, 3.05) is 31.2 Å². The van der Waals surface area contributed by atoms with Crippen LogP contribution in [-0.2, 0) is 19.1 Å². The highest BCUT2D eigenvalue weighted by Crippen LogP contribution is 2.71. The standard InChI is InChI=1S/C31H36N2O5S/c1-4-6-19-38-29(37)25-24-27(35)33(17-9-18-34)26(31(24)15-14-30(25,3)39-31)28(36)32(16-5-2)23-13-12-21-10-7-8-11-22(21)20-23/h4-5,7-8,10-13,20,24-26,34H,1-2,6,9,14-19H2,3H3/t24-,25+,26?,30-,31?/m0/s1. The van der Waals surface area contributed by atoms with E-state index in [-0.39, 0.29) is 44.1 Å². The molecule has 8 heteroatoms. The molecule has 3 heterocycles. The normalized spacial score (nSPS) is 28.9. The van der Waals surface area contributed by atoms with Crippen molar-refractivity contribution in [2.24, 2.45) is 11.8 Å². The topological polar surface area (TPSA) is 87.1 Å². The van der Waals surface area contributed by atoms with Crippen LogP contribution >= 0.6 is 11.8 Å². The van der Waals surface area contributed by atoms with Crippen LogP contribution in [0, 0.1) is 11.8 Å². The zero-order chi connectivity index (χ0) is 27.8. The fraction of sp³-hybridized carbons (Fsp3) is 0.452. The average molecular weight is 549 g/mol. The molecule has 7 nitrogen and oxygen atoms in total. The van der Waals surface area contributed by atoms with Gasteiger partial charge in [0.05, 0.1) is 23.2 Å². The summed E-state index contributed by atoms with van der Waals surface area (Å²) in [6.07, 6.45) is 5.66. The van der Waals surface area contributed by atoms with Crippen LogP contribution in [0.25, 0.3) is 10.8 Å². The largest absolute Gasteiger partial charge is 0.465 e. The zero-order valence-corrected chi connectivity index (χ0v) is 23.2. The molecule has 0 saturated carbocycles. The molecule has 5 rings (SSSR count). The Morgan fingerprint density at radius 2 is 1.95 bits per heavy atom. The maximum atomic E-state index is 14.6. The van der Waals surface area contributed by atoms with E-state index < -0.39 is 27.4 Å². The number of aliphatic hydroxyl groups excluding tert-OH is 1. The second-order valence-corrected chi connectivity index (χ2v) is 12.7. The molecule has 3 fully saturated rings. The van der Waals surface area contributed by atoms with Crippen LogP contribution in [0.5, 0.6) is 0 Å². The van der Waals surface area contributed by atoms with Crippen molar-refractivity contribution >= 4 is 46.0 Å². The van der Waals surface area contributed by atoms with Gasteiger partial charge in [0.1, 0.15) is 6.04 Å². The lowest BCUT2D eigenvalue weighted by molar-refractivity contribution is -0.155. The number of aliphatic hydroxyl groups is 1. The number of ether oxygens (including phenoxy) is 1. The molecule has 0 aromatic heterocycles. The number of benzene rings is 2. The summed E-state index contributed by atoms with van der Waals surface area (Å²) < 4.78 is 4.38. The number of hydrogen-bond acceptors (Lipinski definition) is 6. The summed E-state index contributed by atoms with van der Waals surface area (Å²) in [5, 5.41) is 11.7. The molecular weight excluding hydrogens is 512 g/mol. The molecule has 206 valence electrons. The van der Waals surface area contributed by atoms with E-state index in [1.807, 2.05) is 49.4 Å². The van der Waals surface area contributed by atoms with Crippen LogP contribution in [0.3, 0.4) is 0 Å². The van der Waals surface area contributed by atoms with Gasteiger partial charge in [-0.05, 0) is 55.5 Å². The Morgan fingerprint density at radius 1 is 1.18 bits per heavy atom. The third kappa shape index (κ3) is 4.47. The first-order valence-electron chi connectivity index (χ1n) is 13.6. The molecule has 2 unspecified atom stereocenters. The van der Waals surface area contributed by atoms with Gasteiger partial charge in [-0.1, -0.05) is 42.5 Å². The minimum absolute atomic E-state index is 0.0959. The van der Waals surface area contributed by atoms with E-state index >= 15 is 0 Å². The number of esters is 1. The lowest BCUT2D eigenvalue weighted by Gasteiger charge is -2.37. The predicted octanol–water partition coefficient (Wildman–Crippen LogP) is 4.34. The number of rotatable bonds is 11. The fourth-order valence-corrected chi connectivity index (χ4v) is 9.16. The average Bonchev–Trinajstić information content (AvgIpc) is 3.50. The first-order valence-corrected chi connectivity index (χ1v) is 14.4. The second kappa shape index (κ2) is 10.8. The summed E-state index contributed by atoms with van der Waals surface area (Å²) >= 11 is 1.62. The van der Waals surface area contributed by atoms with Gasteiger partial charge in [0.25, 0.3) is 5.91 Å². The highest BCUT2D eigenvalue weighted by Gasteiger charge is 2.77. The van der Waals surface area contributed by atoms with Crippen molar-refractivity contribution in [2.45, 2.75) is 48.1 Å². The summed E-state index contributed by atoms with van der Waals surface area (Å²) in [6.45, 7) is 10.3. The maximum absolute atomic E-state index is 14.6.